The molecule has 0 aliphatic heterocycles. The molecule has 144 valence electrons. The van der Waals surface area contributed by atoms with Gasteiger partial charge in [-0.2, -0.15) is 0 Å². The summed E-state index contributed by atoms with van der Waals surface area (Å²) in [6.07, 6.45) is 5.10. The van der Waals surface area contributed by atoms with Gasteiger partial charge in [-0.05, 0) is 18.4 Å². The number of aliphatic hydroxyl groups excluding tert-OH is 2. The van der Waals surface area contributed by atoms with Crippen LogP contribution in [0.4, 0.5) is 4.79 Å². The number of hydrogen-bond acceptors (Lipinski definition) is 4. The van der Waals surface area contributed by atoms with E-state index >= 15 is 0 Å². The van der Waals surface area contributed by atoms with Crippen LogP contribution in [0.15, 0.2) is 30.3 Å². The van der Waals surface area contributed by atoms with Crippen molar-refractivity contribution in [2.24, 2.45) is 0 Å². The van der Waals surface area contributed by atoms with Crippen molar-refractivity contribution < 1.29 is 19.7 Å². The first-order valence-electron chi connectivity index (χ1n) is 9.42. The molecule has 1 unspecified atom stereocenters. The summed E-state index contributed by atoms with van der Waals surface area (Å²) in [5.74, 6) is 5.72. The maximum Gasteiger partial charge on any atom is 0.407 e. The summed E-state index contributed by atoms with van der Waals surface area (Å²) in [5, 5.41) is 21.9. The van der Waals surface area contributed by atoms with Crippen LogP contribution in [0.5, 0.6) is 0 Å². The van der Waals surface area contributed by atoms with E-state index in [4.69, 9.17) is 9.84 Å². The number of alkyl carbamates (subject to hydrolysis) is 1. The molecule has 2 atom stereocenters. The molecule has 1 aromatic carbocycles. The minimum absolute atomic E-state index is 0.151. The molecular weight excluding hydrogens is 330 g/mol. The molecule has 1 amide bonds. The van der Waals surface area contributed by atoms with E-state index in [9.17, 15) is 9.90 Å². The molecule has 0 fully saturated rings. The number of unbranched alkanes of at least 4 members (excludes halogenated alkanes) is 5. The van der Waals surface area contributed by atoms with Gasteiger partial charge in [0.15, 0.2) is 0 Å². The van der Waals surface area contributed by atoms with Crippen molar-refractivity contribution in [2.45, 2.75) is 70.6 Å². The second kappa shape index (κ2) is 14.2. The monoisotopic (exact) mass is 361 g/mol. The summed E-state index contributed by atoms with van der Waals surface area (Å²) in [4.78, 5) is 11.9. The number of ether oxygens (including phenoxy) is 1. The van der Waals surface area contributed by atoms with Gasteiger partial charge in [0, 0.05) is 13.0 Å². The van der Waals surface area contributed by atoms with Crippen LogP contribution in [0.1, 0.15) is 57.4 Å². The molecule has 5 heteroatoms. The zero-order chi connectivity index (χ0) is 19.0. The van der Waals surface area contributed by atoms with Crippen molar-refractivity contribution >= 4 is 6.09 Å². The first-order chi connectivity index (χ1) is 12.7. The number of amides is 1. The number of aliphatic hydroxyl groups is 2. The Morgan fingerprint density at radius 3 is 2.62 bits per heavy atom. The van der Waals surface area contributed by atoms with E-state index in [1.54, 1.807) is 0 Å². The maximum absolute atomic E-state index is 11.9. The van der Waals surface area contributed by atoms with Crippen molar-refractivity contribution in [3.63, 3.8) is 0 Å². The second-order valence-electron chi connectivity index (χ2n) is 6.26. The van der Waals surface area contributed by atoms with Gasteiger partial charge in [0.25, 0.3) is 0 Å². The van der Waals surface area contributed by atoms with Gasteiger partial charge < -0.3 is 20.3 Å². The first-order valence-corrected chi connectivity index (χ1v) is 9.42. The SMILES string of the molecule is CCCCCCCC#CC(O)[C@H](CCO)NC(=O)OCc1ccccc1. The Labute approximate surface area is 156 Å². The van der Waals surface area contributed by atoms with Gasteiger partial charge in [0.05, 0.1) is 6.04 Å². The zero-order valence-electron chi connectivity index (χ0n) is 15.6. The van der Waals surface area contributed by atoms with Gasteiger partial charge in [-0.3, -0.25) is 0 Å². The quantitative estimate of drug-likeness (QED) is 0.417. The highest BCUT2D eigenvalue weighted by Gasteiger charge is 2.19. The van der Waals surface area contributed by atoms with Crippen molar-refractivity contribution in [3.8, 4) is 11.8 Å². The van der Waals surface area contributed by atoms with Crippen molar-refractivity contribution in [2.75, 3.05) is 6.61 Å². The Morgan fingerprint density at radius 2 is 1.92 bits per heavy atom. The van der Waals surface area contributed by atoms with Crippen molar-refractivity contribution in [3.05, 3.63) is 35.9 Å². The third kappa shape index (κ3) is 10.1. The fourth-order valence-electron chi connectivity index (χ4n) is 2.46. The molecule has 0 bridgehead atoms. The molecule has 3 N–H and O–H groups in total. The molecule has 0 aliphatic rings. The van der Waals surface area contributed by atoms with Crippen molar-refractivity contribution in [1.82, 2.24) is 5.32 Å². The second-order valence-corrected chi connectivity index (χ2v) is 6.26. The number of nitrogens with one attached hydrogen (secondary N) is 1. The van der Waals surface area contributed by atoms with Crippen LogP contribution in [0.3, 0.4) is 0 Å². The number of carbonyl (C=O) groups excluding carboxylic acids is 1. The molecular formula is C21H31NO4. The minimum atomic E-state index is -1.03. The van der Waals surface area contributed by atoms with Crippen LogP contribution in [0.2, 0.25) is 0 Å². The van der Waals surface area contributed by atoms with Gasteiger partial charge in [0.1, 0.15) is 12.7 Å². The van der Waals surface area contributed by atoms with E-state index in [2.05, 4.69) is 24.1 Å². The number of carbonyl (C=O) groups is 1. The highest BCUT2D eigenvalue weighted by atomic mass is 16.5. The molecule has 0 saturated heterocycles. The highest BCUT2D eigenvalue weighted by Crippen LogP contribution is 2.05. The standard InChI is InChI=1S/C21H31NO4/c1-2-3-4-5-6-7-11-14-20(24)19(15-16-23)22-21(25)26-17-18-12-9-8-10-13-18/h8-10,12-13,19-20,23-24H,2-7,15-17H2,1H3,(H,22,25)/t19-,20?/m0/s1. The van der Waals surface area contributed by atoms with E-state index < -0.39 is 18.2 Å². The van der Waals surface area contributed by atoms with E-state index in [1.165, 1.54) is 19.3 Å². The summed E-state index contributed by atoms with van der Waals surface area (Å²) in [6.45, 7) is 2.17. The van der Waals surface area contributed by atoms with Crippen LogP contribution >= 0.6 is 0 Å². The molecule has 26 heavy (non-hydrogen) atoms. The molecule has 5 nitrogen and oxygen atoms in total. The fraction of sp³-hybridized carbons (Fsp3) is 0.571. The van der Waals surface area contributed by atoms with E-state index in [1.807, 2.05) is 30.3 Å². The molecule has 1 aromatic rings. The topological polar surface area (TPSA) is 78.8 Å². The van der Waals surface area contributed by atoms with E-state index in [-0.39, 0.29) is 19.6 Å². The van der Waals surface area contributed by atoms with Crippen LogP contribution in [0.25, 0.3) is 0 Å². The minimum Gasteiger partial charge on any atom is -0.445 e. The molecule has 1 rings (SSSR count). The molecule has 0 aromatic heterocycles. The van der Waals surface area contributed by atoms with Gasteiger partial charge >= 0.3 is 6.09 Å². The Morgan fingerprint density at radius 1 is 1.19 bits per heavy atom. The van der Waals surface area contributed by atoms with Gasteiger partial charge in [-0.15, -0.1) is 5.92 Å². The van der Waals surface area contributed by atoms with E-state index in [0.29, 0.717) is 0 Å². The lowest BCUT2D eigenvalue weighted by Gasteiger charge is -2.19. The smallest absolute Gasteiger partial charge is 0.407 e. The molecule has 0 radical (unpaired) electrons. The third-order valence-electron chi connectivity index (χ3n) is 3.99. The molecule has 0 heterocycles. The van der Waals surface area contributed by atoms with Crippen LogP contribution < -0.4 is 5.32 Å². The van der Waals surface area contributed by atoms with Crippen molar-refractivity contribution in [1.29, 1.82) is 0 Å². The highest BCUT2D eigenvalue weighted by molar-refractivity contribution is 5.67. The first kappa shape index (κ1) is 22.0. The lowest BCUT2D eigenvalue weighted by molar-refractivity contribution is 0.113. The zero-order valence-corrected chi connectivity index (χ0v) is 15.6. The van der Waals surface area contributed by atoms with Gasteiger partial charge in [0.2, 0.25) is 0 Å². The summed E-state index contributed by atoms with van der Waals surface area (Å²) < 4.78 is 5.14. The average molecular weight is 361 g/mol. The molecule has 0 saturated carbocycles. The number of hydrogen-bond donors (Lipinski definition) is 3. The number of benzene rings is 1. The molecule has 0 spiro atoms. The third-order valence-corrected chi connectivity index (χ3v) is 3.99. The van der Waals surface area contributed by atoms with Crippen LogP contribution in [0, 0.1) is 11.8 Å². The predicted molar refractivity (Wildman–Crippen MR) is 102 cm³/mol. The summed E-state index contributed by atoms with van der Waals surface area (Å²) in [5.41, 5.74) is 0.879. The average Bonchev–Trinajstić information content (AvgIpc) is 2.66. The maximum atomic E-state index is 11.9. The Balaban J connectivity index is 2.37. The van der Waals surface area contributed by atoms with Gasteiger partial charge in [-0.25, -0.2) is 4.79 Å². The normalized spacial score (nSPS) is 12.6. The van der Waals surface area contributed by atoms with Crippen LogP contribution in [-0.2, 0) is 11.3 Å². The summed E-state index contributed by atoms with van der Waals surface area (Å²) in [7, 11) is 0. The molecule has 0 aliphatic carbocycles. The predicted octanol–water partition coefficient (Wildman–Crippen LogP) is 3.39. The summed E-state index contributed by atoms with van der Waals surface area (Å²) >= 11 is 0. The Bertz CT molecular complexity index is 550. The lowest BCUT2D eigenvalue weighted by Crippen LogP contribution is -2.43. The number of rotatable bonds is 11. The largest absolute Gasteiger partial charge is 0.445 e. The van der Waals surface area contributed by atoms with Crippen LogP contribution in [-0.4, -0.2) is 35.1 Å². The fourth-order valence-corrected chi connectivity index (χ4v) is 2.46. The summed E-state index contributed by atoms with van der Waals surface area (Å²) in [6, 6.07) is 8.69. The lowest BCUT2D eigenvalue weighted by atomic mass is 10.1. The van der Waals surface area contributed by atoms with Gasteiger partial charge in [-0.1, -0.05) is 68.9 Å². The Kier molecular flexibility index (Phi) is 12.0. The Hall–Kier alpha value is -2.03. The van der Waals surface area contributed by atoms with E-state index in [0.717, 1.165) is 24.8 Å².